The molecule has 6 rings (SSSR count). The monoisotopic (exact) mass is 544 g/mol. The third-order valence-corrected chi connectivity index (χ3v) is 8.12. The summed E-state index contributed by atoms with van der Waals surface area (Å²) in [6.45, 7) is 5.07. The maximum atomic E-state index is 9.73. The maximum absolute atomic E-state index is 9.73. The number of hydrogen-bond donors (Lipinski definition) is 3. The highest BCUT2D eigenvalue weighted by Crippen LogP contribution is 2.44. The van der Waals surface area contributed by atoms with Crippen molar-refractivity contribution in [1.29, 1.82) is 10.8 Å². The van der Waals surface area contributed by atoms with Crippen molar-refractivity contribution in [2.45, 2.75) is 70.9 Å². The standard InChI is InChI=1S/C26H30N4O2.C6H10O2/c1-3-31-20-13-14-21-22(15-20)30(19-5-4-6-19)24(16-9-11-18(29-2)12-10-16)23(21)26(28)32-25(27)17-7-8-17;1-5(8-4-7)6-2-3-6/h9-15,17,19,27-29H,3-8H2,1-2H3;4-6H,2-3H2,1H3. The van der Waals surface area contributed by atoms with E-state index >= 15 is 0 Å². The average molecular weight is 545 g/mol. The molecule has 0 radical (unpaired) electrons. The SMILES string of the molecule is CC(OC=O)C1CC1.CCOc1ccc2c(C(=N)OC(=N)C3CC3)c(-c3ccc(NC)cc3)n(C3CCC3)c2c1. The van der Waals surface area contributed by atoms with Gasteiger partial charge in [-0.1, -0.05) is 12.1 Å². The zero-order chi connectivity index (χ0) is 28.2. The Morgan fingerprint density at radius 1 is 1.07 bits per heavy atom. The number of anilines is 1. The van der Waals surface area contributed by atoms with Gasteiger partial charge in [-0.2, -0.15) is 0 Å². The molecule has 0 bridgehead atoms. The summed E-state index contributed by atoms with van der Waals surface area (Å²) in [4.78, 5) is 9.73. The van der Waals surface area contributed by atoms with Crippen molar-refractivity contribution in [1.82, 2.24) is 4.57 Å². The van der Waals surface area contributed by atoms with Crippen molar-refractivity contribution in [2.75, 3.05) is 19.0 Å². The van der Waals surface area contributed by atoms with Gasteiger partial charge in [0.1, 0.15) is 11.9 Å². The molecule has 1 atom stereocenters. The van der Waals surface area contributed by atoms with Gasteiger partial charge in [0.25, 0.3) is 6.47 Å². The van der Waals surface area contributed by atoms with Crippen LogP contribution in [0.3, 0.4) is 0 Å². The minimum absolute atomic E-state index is 0.0572. The molecule has 40 heavy (non-hydrogen) atoms. The second-order valence-electron chi connectivity index (χ2n) is 11.0. The highest BCUT2D eigenvalue weighted by molar-refractivity contribution is 6.14. The highest BCUT2D eigenvalue weighted by atomic mass is 16.5. The van der Waals surface area contributed by atoms with E-state index < -0.39 is 0 Å². The van der Waals surface area contributed by atoms with Crippen molar-refractivity contribution >= 4 is 34.9 Å². The molecule has 212 valence electrons. The number of ether oxygens (including phenoxy) is 3. The van der Waals surface area contributed by atoms with Crippen molar-refractivity contribution in [3.63, 3.8) is 0 Å². The lowest BCUT2D eigenvalue weighted by atomic mass is 9.92. The smallest absolute Gasteiger partial charge is 0.293 e. The summed E-state index contributed by atoms with van der Waals surface area (Å²) in [5, 5.41) is 21.3. The van der Waals surface area contributed by atoms with E-state index in [1.54, 1.807) is 0 Å². The van der Waals surface area contributed by atoms with Crippen molar-refractivity contribution in [3.8, 4) is 17.0 Å². The van der Waals surface area contributed by atoms with Crippen LogP contribution in [0, 0.1) is 22.7 Å². The Morgan fingerprint density at radius 2 is 1.80 bits per heavy atom. The summed E-state index contributed by atoms with van der Waals surface area (Å²) < 4.78 is 18.7. The van der Waals surface area contributed by atoms with Crippen LogP contribution < -0.4 is 10.1 Å². The second kappa shape index (κ2) is 12.1. The number of fused-ring (bicyclic) bond motifs is 1. The second-order valence-corrected chi connectivity index (χ2v) is 11.0. The molecule has 0 spiro atoms. The van der Waals surface area contributed by atoms with Gasteiger partial charge in [0.15, 0.2) is 5.90 Å². The number of hydrogen-bond acceptors (Lipinski definition) is 7. The number of rotatable bonds is 10. The average Bonchev–Trinajstić information content (AvgIpc) is 3.85. The predicted octanol–water partition coefficient (Wildman–Crippen LogP) is 7.16. The predicted molar refractivity (Wildman–Crippen MR) is 159 cm³/mol. The fourth-order valence-corrected chi connectivity index (χ4v) is 5.23. The van der Waals surface area contributed by atoms with Gasteiger partial charge in [-0.3, -0.25) is 15.6 Å². The number of aromatic nitrogens is 1. The van der Waals surface area contributed by atoms with Gasteiger partial charge in [0.05, 0.1) is 23.4 Å². The molecule has 3 aliphatic carbocycles. The molecule has 3 aliphatic rings. The molecule has 0 amide bonds. The van der Waals surface area contributed by atoms with Gasteiger partial charge < -0.3 is 24.1 Å². The summed E-state index contributed by atoms with van der Waals surface area (Å²) in [7, 11) is 1.91. The van der Waals surface area contributed by atoms with Crippen LogP contribution in [-0.4, -0.2) is 42.6 Å². The van der Waals surface area contributed by atoms with Crippen LogP contribution in [0.4, 0.5) is 5.69 Å². The summed E-state index contributed by atoms with van der Waals surface area (Å²) in [5.74, 6) is 1.93. The van der Waals surface area contributed by atoms with E-state index in [0.29, 0.717) is 25.0 Å². The molecule has 0 saturated heterocycles. The highest BCUT2D eigenvalue weighted by Gasteiger charge is 2.33. The first kappa shape index (κ1) is 27.7. The fourth-order valence-electron chi connectivity index (χ4n) is 5.23. The van der Waals surface area contributed by atoms with Crippen LogP contribution in [0.1, 0.15) is 70.4 Å². The first-order valence-electron chi connectivity index (χ1n) is 14.5. The minimum Gasteiger partial charge on any atom is -0.494 e. The van der Waals surface area contributed by atoms with E-state index in [1.165, 1.54) is 19.3 Å². The van der Waals surface area contributed by atoms with Gasteiger partial charge in [-0.25, -0.2) is 0 Å². The minimum atomic E-state index is 0.0572. The number of carbonyl (C=O) groups excluding carboxylic acids is 1. The third kappa shape index (κ3) is 6.01. The molecular weight excluding hydrogens is 504 g/mol. The number of benzene rings is 2. The Labute approximate surface area is 236 Å². The Balaban J connectivity index is 0.000000348. The molecule has 8 heteroatoms. The lowest BCUT2D eigenvalue weighted by Crippen LogP contribution is -2.19. The number of carbonyl (C=O) groups is 1. The van der Waals surface area contributed by atoms with Crippen LogP contribution in [0.15, 0.2) is 42.5 Å². The van der Waals surface area contributed by atoms with Crippen molar-refractivity contribution in [3.05, 3.63) is 48.0 Å². The zero-order valence-electron chi connectivity index (χ0n) is 23.7. The van der Waals surface area contributed by atoms with E-state index in [9.17, 15) is 4.79 Å². The lowest BCUT2D eigenvalue weighted by molar-refractivity contribution is -0.133. The Bertz CT molecular complexity index is 1370. The van der Waals surface area contributed by atoms with Gasteiger partial charge in [0.2, 0.25) is 5.90 Å². The zero-order valence-corrected chi connectivity index (χ0v) is 23.7. The van der Waals surface area contributed by atoms with E-state index in [0.717, 1.165) is 64.8 Å². The van der Waals surface area contributed by atoms with Crippen LogP contribution >= 0.6 is 0 Å². The third-order valence-electron chi connectivity index (χ3n) is 8.12. The Kier molecular flexibility index (Phi) is 8.43. The van der Waals surface area contributed by atoms with Crippen LogP contribution in [0.25, 0.3) is 22.2 Å². The van der Waals surface area contributed by atoms with Gasteiger partial charge in [0, 0.05) is 36.1 Å². The molecule has 1 aromatic heterocycles. The van der Waals surface area contributed by atoms with Crippen molar-refractivity contribution < 1.29 is 19.0 Å². The molecule has 8 nitrogen and oxygen atoms in total. The van der Waals surface area contributed by atoms with Crippen LogP contribution in [0.2, 0.25) is 0 Å². The fraction of sp³-hybridized carbons (Fsp3) is 0.469. The van der Waals surface area contributed by atoms with E-state index in [2.05, 4.69) is 45.0 Å². The topological polar surface area (TPSA) is 109 Å². The van der Waals surface area contributed by atoms with Gasteiger partial charge in [-0.05, 0) is 94.5 Å². The van der Waals surface area contributed by atoms with Crippen molar-refractivity contribution in [2.24, 2.45) is 11.8 Å². The molecular formula is C32H40N4O4. The number of nitrogens with zero attached hydrogens (tertiary/aromatic N) is 1. The largest absolute Gasteiger partial charge is 0.494 e. The van der Waals surface area contributed by atoms with E-state index in [4.69, 9.17) is 20.3 Å². The number of nitrogens with one attached hydrogen (secondary N) is 3. The molecule has 3 aromatic rings. The summed E-state index contributed by atoms with van der Waals surface area (Å²) in [6, 6.07) is 14.8. The van der Waals surface area contributed by atoms with Gasteiger partial charge >= 0.3 is 0 Å². The molecule has 1 unspecified atom stereocenters. The van der Waals surface area contributed by atoms with E-state index in [1.807, 2.05) is 33.0 Å². The molecule has 3 N–H and O–H groups in total. The molecule has 1 heterocycles. The summed E-state index contributed by atoms with van der Waals surface area (Å²) in [5.41, 5.74) is 4.91. The maximum Gasteiger partial charge on any atom is 0.293 e. The Morgan fingerprint density at radius 3 is 2.35 bits per heavy atom. The summed E-state index contributed by atoms with van der Waals surface area (Å²) in [6.07, 6.45) is 8.03. The quantitative estimate of drug-likeness (QED) is 0.142. The normalized spacial score (nSPS) is 17.2. The first-order chi connectivity index (χ1) is 19.4. The molecule has 2 aromatic carbocycles. The van der Waals surface area contributed by atoms with Gasteiger partial charge in [-0.15, -0.1) is 0 Å². The Hall–Kier alpha value is -3.81. The first-order valence-corrected chi connectivity index (χ1v) is 14.5. The van der Waals surface area contributed by atoms with E-state index in [-0.39, 0.29) is 23.8 Å². The van der Waals surface area contributed by atoms with Crippen LogP contribution in [0.5, 0.6) is 5.75 Å². The molecule has 3 saturated carbocycles. The van der Waals surface area contributed by atoms with Crippen LogP contribution in [-0.2, 0) is 14.3 Å². The lowest BCUT2D eigenvalue weighted by Gasteiger charge is -2.30. The summed E-state index contributed by atoms with van der Waals surface area (Å²) >= 11 is 0. The molecule has 0 aliphatic heterocycles. The molecule has 3 fully saturated rings.